The summed E-state index contributed by atoms with van der Waals surface area (Å²) in [5.41, 5.74) is 6.00. The quantitative estimate of drug-likeness (QED) is 0.555. The Hall–Kier alpha value is -2.12. The number of aromatic amines is 1. The summed E-state index contributed by atoms with van der Waals surface area (Å²) in [6.45, 7) is 0. The van der Waals surface area contributed by atoms with E-state index in [1.165, 1.54) is 23.1 Å². The van der Waals surface area contributed by atoms with E-state index in [2.05, 4.69) is 9.97 Å². The number of rotatable bonds is 5. The van der Waals surface area contributed by atoms with Crippen LogP contribution in [-0.2, 0) is 4.79 Å². The summed E-state index contributed by atoms with van der Waals surface area (Å²) < 4.78 is 0. The lowest BCUT2D eigenvalue weighted by molar-refractivity contribution is -0.117. The maximum absolute atomic E-state index is 12.1. The largest absolute Gasteiger partial charge is 0.370 e. The van der Waals surface area contributed by atoms with E-state index < -0.39 is 0 Å². The first-order valence-electron chi connectivity index (χ1n) is 6.64. The van der Waals surface area contributed by atoms with Crippen LogP contribution in [0.4, 0.5) is 0 Å². The Morgan fingerprint density at radius 2 is 2.09 bits per heavy atom. The van der Waals surface area contributed by atoms with Crippen molar-refractivity contribution in [3.05, 3.63) is 46.8 Å². The van der Waals surface area contributed by atoms with Gasteiger partial charge >= 0.3 is 0 Å². The number of thiophene rings is 1. The van der Waals surface area contributed by atoms with Gasteiger partial charge in [-0.15, -0.1) is 11.3 Å². The van der Waals surface area contributed by atoms with Crippen LogP contribution >= 0.6 is 23.1 Å². The lowest BCUT2D eigenvalue weighted by Gasteiger charge is -1.98. The van der Waals surface area contributed by atoms with Gasteiger partial charge in [-0.05, 0) is 11.6 Å². The van der Waals surface area contributed by atoms with Crippen LogP contribution in [0.1, 0.15) is 6.42 Å². The van der Waals surface area contributed by atoms with E-state index in [0.29, 0.717) is 21.1 Å². The molecule has 0 radical (unpaired) electrons. The van der Waals surface area contributed by atoms with Crippen molar-refractivity contribution in [2.24, 2.45) is 5.73 Å². The maximum Gasteiger partial charge on any atom is 0.260 e. The van der Waals surface area contributed by atoms with Gasteiger partial charge in [0.2, 0.25) is 5.91 Å². The lowest BCUT2D eigenvalue weighted by Crippen LogP contribution is -2.12. The first-order valence-corrected chi connectivity index (χ1v) is 8.44. The average Bonchev–Trinajstić information content (AvgIpc) is 2.92. The number of nitrogens with one attached hydrogen (secondary N) is 1. The topological polar surface area (TPSA) is 88.8 Å². The number of hydrogen-bond acceptors (Lipinski definition) is 5. The molecule has 3 rings (SSSR count). The summed E-state index contributed by atoms with van der Waals surface area (Å²) in [5.74, 6) is 0.138. The number of aromatic nitrogens is 2. The number of carbonyl (C=O) groups is 1. The molecular weight excluding hydrogens is 318 g/mol. The molecule has 0 spiro atoms. The predicted octanol–water partition coefficient (Wildman–Crippen LogP) is 2.62. The molecule has 0 aliphatic carbocycles. The molecular formula is C15H13N3O2S2. The van der Waals surface area contributed by atoms with Gasteiger partial charge in [-0.25, -0.2) is 4.98 Å². The second-order valence-corrected chi connectivity index (χ2v) is 6.75. The van der Waals surface area contributed by atoms with Gasteiger partial charge in [-0.2, -0.15) is 0 Å². The number of primary amides is 1. The molecule has 2 aromatic heterocycles. The number of nitrogens with two attached hydrogens (primary N) is 1. The van der Waals surface area contributed by atoms with E-state index in [9.17, 15) is 9.59 Å². The summed E-state index contributed by atoms with van der Waals surface area (Å²) >= 11 is 2.80. The number of fused-ring (bicyclic) bond motifs is 1. The standard InChI is InChI=1S/C15H13N3O2S2/c16-12(19)6-7-21-15-17-13(20)10-8-11(22-14(10)18-15)9-4-2-1-3-5-9/h1-5,8H,6-7H2,(H2,16,19)(H,17,18,20). The van der Waals surface area contributed by atoms with Gasteiger partial charge in [0, 0.05) is 17.1 Å². The molecule has 0 unspecified atom stereocenters. The molecule has 7 heteroatoms. The summed E-state index contributed by atoms with van der Waals surface area (Å²) in [5, 5.41) is 1.10. The molecule has 3 aromatic rings. The summed E-state index contributed by atoms with van der Waals surface area (Å²) in [6.07, 6.45) is 0.256. The van der Waals surface area contributed by atoms with Crippen LogP contribution in [0.2, 0.25) is 0 Å². The summed E-state index contributed by atoms with van der Waals surface area (Å²) in [4.78, 5) is 31.8. The van der Waals surface area contributed by atoms with Crippen LogP contribution in [-0.4, -0.2) is 21.6 Å². The lowest BCUT2D eigenvalue weighted by atomic mass is 10.2. The third-order valence-corrected chi connectivity index (χ3v) is 4.98. The Morgan fingerprint density at radius 1 is 1.32 bits per heavy atom. The second-order valence-electron chi connectivity index (χ2n) is 4.63. The number of nitrogens with zero attached hydrogens (tertiary/aromatic N) is 1. The average molecular weight is 331 g/mol. The predicted molar refractivity (Wildman–Crippen MR) is 90.2 cm³/mol. The van der Waals surface area contributed by atoms with E-state index in [1.807, 2.05) is 36.4 Å². The minimum Gasteiger partial charge on any atom is -0.370 e. The zero-order chi connectivity index (χ0) is 15.5. The van der Waals surface area contributed by atoms with Crippen LogP contribution in [0, 0.1) is 0 Å². The van der Waals surface area contributed by atoms with E-state index >= 15 is 0 Å². The Kier molecular flexibility index (Phi) is 4.26. The van der Waals surface area contributed by atoms with Crippen molar-refractivity contribution in [3.8, 4) is 10.4 Å². The summed E-state index contributed by atoms with van der Waals surface area (Å²) in [7, 11) is 0. The smallest absolute Gasteiger partial charge is 0.260 e. The molecule has 5 nitrogen and oxygen atoms in total. The molecule has 112 valence electrons. The molecule has 1 amide bonds. The molecule has 22 heavy (non-hydrogen) atoms. The molecule has 0 bridgehead atoms. The van der Waals surface area contributed by atoms with E-state index in [1.54, 1.807) is 0 Å². The number of carbonyl (C=O) groups excluding carboxylic acids is 1. The van der Waals surface area contributed by atoms with Crippen LogP contribution in [0.15, 0.2) is 46.3 Å². The fraction of sp³-hybridized carbons (Fsp3) is 0.133. The monoisotopic (exact) mass is 331 g/mol. The Morgan fingerprint density at radius 3 is 2.82 bits per heavy atom. The highest BCUT2D eigenvalue weighted by atomic mass is 32.2. The number of benzene rings is 1. The molecule has 0 aliphatic rings. The minimum absolute atomic E-state index is 0.162. The molecule has 0 saturated heterocycles. The van der Waals surface area contributed by atoms with Crippen molar-refractivity contribution in [1.82, 2.24) is 9.97 Å². The van der Waals surface area contributed by atoms with Crippen molar-refractivity contribution in [1.29, 1.82) is 0 Å². The van der Waals surface area contributed by atoms with Crippen LogP contribution < -0.4 is 11.3 Å². The van der Waals surface area contributed by atoms with Gasteiger partial charge in [0.05, 0.1) is 5.39 Å². The molecule has 1 aromatic carbocycles. The van der Waals surface area contributed by atoms with Crippen molar-refractivity contribution >= 4 is 39.2 Å². The normalized spacial score (nSPS) is 10.9. The fourth-order valence-corrected chi connectivity index (χ4v) is 3.89. The van der Waals surface area contributed by atoms with Gasteiger partial charge in [0.1, 0.15) is 4.83 Å². The number of hydrogen-bond donors (Lipinski definition) is 2. The molecule has 2 heterocycles. The SMILES string of the molecule is NC(=O)CCSc1nc2sc(-c3ccccc3)cc2c(=O)[nH]1. The molecule has 0 atom stereocenters. The van der Waals surface area contributed by atoms with Crippen molar-refractivity contribution < 1.29 is 4.79 Å². The first-order chi connectivity index (χ1) is 10.6. The minimum atomic E-state index is -0.363. The highest BCUT2D eigenvalue weighted by molar-refractivity contribution is 7.99. The number of H-pyrrole nitrogens is 1. The van der Waals surface area contributed by atoms with Gasteiger partial charge in [-0.1, -0.05) is 42.1 Å². The second kappa shape index (κ2) is 6.33. The third kappa shape index (κ3) is 3.20. The maximum atomic E-state index is 12.1. The number of thioether (sulfide) groups is 1. The Balaban J connectivity index is 1.93. The third-order valence-electron chi connectivity index (χ3n) is 3.03. The molecule has 0 saturated carbocycles. The van der Waals surface area contributed by atoms with Crippen molar-refractivity contribution in [3.63, 3.8) is 0 Å². The van der Waals surface area contributed by atoms with Crippen molar-refractivity contribution in [2.75, 3.05) is 5.75 Å². The van der Waals surface area contributed by atoms with E-state index in [0.717, 1.165) is 10.4 Å². The zero-order valence-electron chi connectivity index (χ0n) is 11.5. The van der Waals surface area contributed by atoms with Gasteiger partial charge in [0.25, 0.3) is 5.56 Å². The van der Waals surface area contributed by atoms with E-state index in [-0.39, 0.29) is 17.9 Å². The first kappa shape index (κ1) is 14.8. The number of amides is 1. The van der Waals surface area contributed by atoms with Crippen molar-refractivity contribution in [2.45, 2.75) is 11.6 Å². The van der Waals surface area contributed by atoms with Gasteiger partial charge in [-0.3, -0.25) is 9.59 Å². The van der Waals surface area contributed by atoms with Gasteiger partial charge in [0.15, 0.2) is 5.16 Å². The van der Waals surface area contributed by atoms with Crippen LogP contribution in [0.25, 0.3) is 20.7 Å². The Bertz CT molecular complexity index is 871. The van der Waals surface area contributed by atoms with Gasteiger partial charge < -0.3 is 10.7 Å². The molecule has 3 N–H and O–H groups in total. The van der Waals surface area contributed by atoms with Crippen LogP contribution in [0.5, 0.6) is 0 Å². The molecule has 0 aliphatic heterocycles. The van der Waals surface area contributed by atoms with E-state index in [4.69, 9.17) is 5.73 Å². The summed E-state index contributed by atoms with van der Waals surface area (Å²) in [6, 6.07) is 11.7. The zero-order valence-corrected chi connectivity index (χ0v) is 13.2. The van der Waals surface area contributed by atoms with Crippen LogP contribution in [0.3, 0.4) is 0 Å². The fourth-order valence-electron chi connectivity index (χ4n) is 1.97. The Labute approximate surface area is 134 Å². The molecule has 0 fully saturated rings. The highest BCUT2D eigenvalue weighted by Crippen LogP contribution is 2.31. The highest BCUT2D eigenvalue weighted by Gasteiger charge is 2.10.